The number of carbonyl (C=O) groups is 1. The van der Waals surface area contributed by atoms with Gasteiger partial charge in [-0.2, -0.15) is 0 Å². The summed E-state index contributed by atoms with van der Waals surface area (Å²) in [4.78, 5) is 21.8. The molecule has 2 heterocycles. The van der Waals surface area contributed by atoms with Crippen molar-refractivity contribution in [2.45, 2.75) is 6.92 Å². The number of hydrogen-bond donors (Lipinski definition) is 1. The molecule has 0 saturated carbocycles. The molecule has 110 valence electrons. The number of nitrogen functional groups attached to an aromatic ring is 1. The van der Waals surface area contributed by atoms with Crippen molar-refractivity contribution in [3.8, 4) is 11.3 Å². The van der Waals surface area contributed by atoms with Gasteiger partial charge in [-0.25, -0.2) is 9.97 Å². The molecule has 5 nitrogen and oxygen atoms in total. The molecule has 3 aromatic rings. The SMILES string of the molecule is CC(=O)N(C)c1ccc2ccc(-c3ccc(N)nc3)nc2c1. The van der Waals surface area contributed by atoms with E-state index in [1.807, 2.05) is 36.4 Å². The topological polar surface area (TPSA) is 72.1 Å². The molecule has 5 heteroatoms. The third-order valence-electron chi connectivity index (χ3n) is 3.62. The molecular weight excluding hydrogens is 276 g/mol. The van der Waals surface area contributed by atoms with E-state index in [1.165, 1.54) is 6.92 Å². The Bertz CT molecular complexity index is 843. The zero-order chi connectivity index (χ0) is 15.7. The number of rotatable bonds is 2. The monoisotopic (exact) mass is 292 g/mol. The third-order valence-corrected chi connectivity index (χ3v) is 3.62. The Morgan fingerprint density at radius 3 is 2.59 bits per heavy atom. The highest BCUT2D eigenvalue weighted by Gasteiger charge is 2.08. The summed E-state index contributed by atoms with van der Waals surface area (Å²) < 4.78 is 0. The summed E-state index contributed by atoms with van der Waals surface area (Å²) in [5.41, 5.74) is 8.99. The van der Waals surface area contributed by atoms with Crippen molar-refractivity contribution in [1.82, 2.24) is 9.97 Å². The van der Waals surface area contributed by atoms with Crippen LogP contribution in [0, 0.1) is 0 Å². The van der Waals surface area contributed by atoms with E-state index in [-0.39, 0.29) is 5.91 Å². The van der Waals surface area contributed by atoms with E-state index in [4.69, 9.17) is 5.73 Å². The second-order valence-corrected chi connectivity index (χ2v) is 5.12. The Balaban J connectivity index is 2.07. The first kappa shape index (κ1) is 14.0. The molecule has 1 amide bonds. The number of amides is 1. The van der Waals surface area contributed by atoms with E-state index in [2.05, 4.69) is 9.97 Å². The van der Waals surface area contributed by atoms with Crippen molar-refractivity contribution < 1.29 is 4.79 Å². The fourth-order valence-electron chi connectivity index (χ4n) is 2.21. The van der Waals surface area contributed by atoms with Crippen LogP contribution in [0.15, 0.2) is 48.7 Å². The maximum absolute atomic E-state index is 11.5. The Morgan fingerprint density at radius 2 is 1.91 bits per heavy atom. The van der Waals surface area contributed by atoms with Crippen molar-refractivity contribution in [3.05, 3.63) is 48.7 Å². The number of anilines is 2. The lowest BCUT2D eigenvalue weighted by Crippen LogP contribution is -2.22. The summed E-state index contributed by atoms with van der Waals surface area (Å²) in [5.74, 6) is 0.466. The Kier molecular flexibility index (Phi) is 3.47. The standard InChI is InChI=1S/C17H16N4O/c1-11(22)21(2)14-6-3-12-4-7-15(20-16(12)9-14)13-5-8-17(18)19-10-13/h3-10H,1-2H3,(H2,18,19). The first-order valence-corrected chi connectivity index (χ1v) is 6.91. The number of fused-ring (bicyclic) bond motifs is 1. The third kappa shape index (κ3) is 2.61. The van der Waals surface area contributed by atoms with Crippen LogP contribution in [0.3, 0.4) is 0 Å². The second-order valence-electron chi connectivity index (χ2n) is 5.12. The molecule has 0 saturated heterocycles. The van der Waals surface area contributed by atoms with Crippen molar-refractivity contribution >= 4 is 28.3 Å². The molecule has 3 rings (SSSR count). The van der Waals surface area contributed by atoms with Crippen molar-refractivity contribution in [2.24, 2.45) is 0 Å². The zero-order valence-corrected chi connectivity index (χ0v) is 12.4. The van der Waals surface area contributed by atoms with Gasteiger partial charge in [0.25, 0.3) is 0 Å². The summed E-state index contributed by atoms with van der Waals surface area (Å²) in [5, 5.41) is 1.02. The highest BCUT2D eigenvalue weighted by molar-refractivity contribution is 5.94. The number of hydrogen-bond acceptors (Lipinski definition) is 4. The maximum Gasteiger partial charge on any atom is 0.223 e. The largest absolute Gasteiger partial charge is 0.384 e. The van der Waals surface area contributed by atoms with Crippen LogP contribution in [0.1, 0.15) is 6.92 Å². The predicted molar refractivity (Wildman–Crippen MR) is 88.5 cm³/mol. The first-order chi connectivity index (χ1) is 10.5. The molecular formula is C17H16N4O. The minimum atomic E-state index is -0.0155. The van der Waals surface area contributed by atoms with Crippen LogP contribution in [0.2, 0.25) is 0 Å². The molecule has 0 fully saturated rings. The maximum atomic E-state index is 11.5. The van der Waals surface area contributed by atoms with Crippen LogP contribution < -0.4 is 10.6 Å². The van der Waals surface area contributed by atoms with E-state index in [9.17, 15) is 4.79 Å². The number of aromatic nitrogens is 2. The summed E-state index contributed by atoms with van der Waals surface area (Å²) in [6.45, 7) is 1.54. The lowest BCUT2D eigenvalue weighted by molar-refractivity contribution is -0.116. The van der Waals surface area contributed by atoms with Gasteiger partial charge in [0.2, 0.25) is 5.91 Å². The van der Waals surface area contributed by atoms with Crippen molar-refractivity contribution in [3.63, 3.8) is 0 Å². The molecule has 0 unspecified atom stereocenters. The molecule has 1 aromatic carbocycles. The minimum absolute atomic E-state index is 0.0155. The fraction of sp³-hybridized carbons (Fsp3) is 0.118. The average Bonchev–Trinajstić information content (AvgIpc) is 2.53. The normalized spacial score (nSPS) is 10.6. The molecule has 0 bridgehead atoms. The van der Waals surface area contributed by atoms with Gasteiger partial charge in [0.1, 0.15) is 5.82 Å². The van der Waals surface area contributed by atoms with Gasteiger partial charge in [-0.1, -0.05) is 12.1 Å². The van der Waals surface area contributed by atoms with Gasteiger partial charge in [0, 0.05) is 36.8 Å². The number of benzene rings is 1. The Hall–Kier alpha value is -2.95. The van der Waals surface area contributed by atoms with Crippen LogP contribution in [0.5, 0.6) is 0 Å². The highest BCUT2D eigenvalue weighted by Crippen LogP contribution is 2.24. The first-order valence-electron chi connectivity index (χ1n) is 6.91. The number of carbonyl (C=O) groups excluding carboxylic acids is 1. The predicted octanol–water partition coefficient (Wildman–Crippen LogP) is 2.86. The molecule has 0 atom stereocenters. The molecule has 2 N–H and O–H groups in total. The lowest BCUT2D eigenvalue weighted by atomic mass is 10.1. The zero-order valence-electron chi connectivity index (χ0n) is 12.4. The van der Waals surface area contributed by atoms with Gasteiger partial charge >= 0.3 is 0 Å². The molecule has 0 aliphatic carbocycles. The summed E-state index contributed by atoms with van der Waals surface area (Å²) in [6.07, 6.45) is 1.70. The molecule has 0 aliphatic heterocycles. The molecule has 0 spiro atoms. The van der Waals surface area contributed by atoms with Crippen molar-refractivity contribution in [2.75, 3.05) is 17.7 Å². The van der Waals surface area contributed by atoms with E-state index in [0.717, 1.165) is 27.8 Å². The molecule has 0 aliphatic rings. The van der Waals surface area contributed by atoms with Crippen LogP contribution in [0.4, 0.5) is 11.5 Å². The van der Waals surface area contributed by atoms with Crippen LogP contribution >= 0.6 is 0 Å². The molecule has 22 heavy (non-hydrogen) atoms. The fourth-order valence-corrected chi connectivity index (χ4v) is 2.21. The quantitative estimate of drug-likeness (QED) is 0.788. The van der Waals surface area contributed by atoms with Crippen molar-refractivity contribution in [1.29, 1.82) is 0 Å². The van der Waals surface area contributed by atoms with E-state index in [0.29, 0.717) is 5.82 Å². The summed E-state index contributed by atoms with van der Waals surface area (Å²) >= 11 is 0. The van der Waals surface area contributed by atoms with E-state index < -0.39 is 0 Å². The van der Waals surface area contributed by atoms with Crippen LogP contribution in [0.25, 0.3) is 22.2 Å². The number of nitrogens with zero attached hydrogens (tertiary/aromatic N) is 3. The molecule has 2 aromatic heterocycles. The van der Waals surface area contributed by atoms with Gasteiger partial charge in [-0.15, -0.1) is 0 Å². The van der Waals surface area contributed by atoms with Gasteiger partial charge in [0.05, 0.1) is 11.2 Å². The number of nitrogens with two attached hydrogens (primary N) is 1. The number of pyridine rings is 2. The van der Waals surface area contributed by atoms with Gasteiger partial charge < -0.3 is 10.6 Å². The lowest BCUT2D eigenvalue weighted by Gasteiger charge is -2.15. The van der Waals surface area contributed by atoms with Gasteiger partial charge in [-0.3, -0.25) is 4.79 Å². The van der Waals surface area contributed by atoms with Crippen LogP contribution in [-0.4, -0.2) is 22.9 Å². The Morgan fingerprint density at radius 1 is 1.14 bits per heavy atom. The van der Waals surface area contributed by atoms with Gasteiger partial charge in [-0.05, 0) is 30.3 Å². The molecule has 0 radical (unpaired) electrons. The smallest absolute Gasteiger partial charge is 0.223 e. The van der Waals surface area contributed by atoms with Gasteiger partial charge in [0.15, 0.2) is 0 Å². The summed E-state index contributed by atoms with van der Waals surface area (Å²) in [7, 11) is 1.75. The Labute approximate surface area is 128 Å². The highest BCUT2D eigenvalue weighted by atomic mass is 16.2. The minimum Gasteiger partial charge on any atom is -0.384 e. The second kappa shape index (κ2) is 5.44. The summed E-state index contributed by atoms with van der Waals surface area (Å²) in [6, 6.07) is 13.4. The van der Waals surface area contributed by atoms with Crippen LogP contribution in [-0.2, 0) is 4.79 Å². The van der Waals surface area contributed by atoms with E-state index >= 15 is 0 Å². The van der Waals surface area contributed by atoms with E-state index in [1.54, 1.807) is 24.2 Å². The average molecular weight is 292 g/mol.